The first-order valence-corrected chi connectivity index (χ1v) is 10.9. The smallest absolute Gasteiger partial charge is 0.323 e. The highest BCUT2D eigenvalue weighted by Crippen LogP contribution is 2.34. The molecule has 154 valence electrons. The molecular weight excluding hydrogens is 350 g/mol. The lowest BCUT2D eigenvalue weighted by molar-refractivity contribution is -0.161. The van der Waals surface area contributed by atoms with Crippen LogP contribution in [0, 0.1) is 5.92 Å². The van der Waals surface area contributed by atoms with Gasteiger partial charge < -0.3 is 4.74 Å². The van der Waals surface area contributed by atoms with Crippen LogP contribution in [0.5, 0.6) is 0 Å². The van der Waals surface area contributed by atoms with Crippen LogP contribution in [0.25, 0.3) is 0 Å². The maximum absolute atomic E-state index is 12.8. The van der Waals surface area contributed by atoms with E-state index in [1.807, 2.05) is 26.8 Å². The second-order valence-electron chi connectivity index (χ2n) is 9.52. The Morgan fingerprint density at radius 1 is 1.11 bits per heavy atom. The van der Waals surface area contributed by atoms with Crippen LogP contribution in [0.15, 0.2) is 30.3 Å². The normalized spacial score (nSPS) is 26.4. The number of carbonyl (C=O) groups is 2. The Morgan fingerprint density at radius 3 is 2.54 bits per heavy atom. The van der Waals surface area contributed by atoms with Crippen molar-refractivity contribution in [1.29, 1.82) is 0 Å². The fourth-order valence-electron chi connectivity index (χ4n) is 4.69. The number of likely N-dealkylation sites (tertiary alicyclic amines) is 1. The van der Waals surface area contributed by atoms with Crippen LogP contribution in [0.2, 0.25) is 0 Å². The standard InChI is InChI=1S/C24H35NO3/c1-24(2,3)28-23(27)22-15-14-20(13-12-18-10-7-11-21(26)16-18)25(22)17-19-8-5-4-6-9-19/h4-6,8-9,18,20,22H,7,10-17H2,1-3H3/t18-,20+,22+/m0/s1. The molecule has 0 unspecified atom stereocenters. The predicted molar refractivity (Wildman–Crippen MR) is 111 cm³/mol. The van der Waals surface area contributed by atoms with E-state index in [0.717, 1.165) is 51.5 Å². The van der Waals surface area contributed by atoms with Gasteiger partial charge in [-0.25, -0.2) is 0 Å². The SMILES string of the molecule is CC(C)(C)OC(=O)[C@H]1CC[C@@H](CC[C@@H]2CCCC(=O)C2)N1Cc1ccccc1. The molecule has 1 saturated carbocycles. The Kier molecular flexibility index (Phi) is 6.92. The average molecular weight is 386 g/mol. The molecule has 4 heteroatoms. The molecule has 0 spiro atoms. The van der Waals surface area contributed by atoms with Gasteiger partial charge in [-0.3, -0.25) is 14.5 Å². The minimum absolute atomic E-state index is 0.0984. The molecule has 1 aromatic rings. The van der Waals surface area contributed by atoms with E-state index in [1.165, 1.54) is 12.0 Å². The van der Waals surface area contributed by atoms with Gasteiger partial charge in [-0.1, -0.05) is 30.3 Å². The third kappa shape index (κ3) is 5.91. The number of Topliss-reactive ketones (excluding diaryl/α,β-unsaturated/α-hetero) is 1. The minimum atomic E-state index is -0.462. The van der Waals surface area contributed by atoms with E-state index in [4.69, 9.17) is 4.74 Å². The summed E-state index contributed by atoms with van der Waals surface area (Å²) in [5.74, 6) is 0.856. The van der Waals surface area contributed by atoms with E-state index in [0.29, 0.717) is 17.7 Å². The molecule has 2 aliphatic rings. The van der Waals surface area contributed by atoms with Crippen molar-refractivity contribution in [3.8, 4) is 0 Å². The van der Waals surface area contributed by atoms with E-state index in [9.17, 15) is 9.59 Å². The molecule has 2 fully saturated rings. The zero-order chi connectivity index (χ0) is 20.1. The zero-order valence-corrected chi connectivity index (χ0v) is 17.7. The number of carbonyl (C=O) groups excluding carboxylic acids is 2. The molecular formula is C24H35NO3. The lowest BCUT2D eigenvalue weighted by Crippen LogP contribution is -2.43. The van der Waals surface area contributed by atoms with Crippen molar-refractivity contribution >= 4 is 11.8 Å². The number of esters is 1. The van der Waals surface area contributed by atoms with Crippen LogP contribution in [0.3, 0.4) is 0 Å². The van der Waals surface area contributed by atoms with Gasteiger partial charge in [0.05, 0.1) is 0 Å². The molecule has 1 aliphatic carbocycles. The Morgan fingerprint density at radius 2 is 1.86 bits per heavy atom. The van der Waals surface area contributed by atoms with E-state index >= 15 is 0 Å². The zero-order valence-electron chi connectivity index (χ0n) is 17.7. The van der Waals surface area contributed by atoms with Crippen LogP contribution < -0.4 is 0 Å². The predicted octanol–water partition coefficient (Wildman–Crippen LogP) is 4.90. The third-order valence-electron chi connectivity index (χ3n) is 6.02. The van der Waals surface area contributed by atoms with Gasteiger partial charge in [0.1, 0.15) is 17.4 Å². The minimum Gasteiger partial charge on any atom is -0.459 e. The van der Waals surface area contributed by atoms with Gasteiger partial charge in [0.2, 0.25) is 0 Å². The molecule has 1 aliphatic heterocycles. The summed E-state index contributed by atoms with van der Waals surface area (Å²) < 4.78 is 5.72. The van der Waals surface area contributed by atoms with Crippen molar-refractivity contribution in [3.63, 3.8) is 0 Å². The van der Waals surface area contributed by atoms with E-state index in [1.54, 1.807) is 0 Å². The quantitative estimate of drug-likeness (QED) is 0.654. The van der Waals surface area contributed by atoms with Crippen molar-refractivity contribution in [3.05, 3.63) is 35.9 Å². The number of rotatable bonds is 6. The van der Waals surface area contributed by atoms with Gasteiger partial charge >= 0.3 is 5.97 Å². The summed E-state index contributed by atoms with van der Waals surface area (Å²) in [4.78, 5) is 27.0. The Labute approximate surface area is 169 Å². The lowest BCUT2D eigenvalue weighted by Gasteiger charge is -2.32. The summed E-state index contributed by atoms with van der Waals surface area (Å²) >= 11 is 0. The first kappa shape index (κ1) is 21.0. The van der Waals surface area contributed by atoms with E-state index in [-0.39, 0.29) is 12.0 Å². The molecule has 28 heavy (non-hydrogen) atoms. The van der Waals surface area contributed by atoms with Crippen molar-refractivity contribution in [2.24, 2.45) is 5.92 Å². The number of hydrogen-bond donors (Lipinski definition) is 0. The first-order valence-electron chi connectivity index (χ1n) is 10.9. The maximum atomic E-state index is 12.8. The van der Waals surface area contributed by atoms with Crippen molar-refractivity contribution in [2.45, 2.75) is 96.4 Å². The molecule has 4 nitrogen and oxygen atoms in total. The van der Waals surface area contributed by atoms with Gasteiger partial charge in [-0.15, -0.1) is 0 Å². The number of nitrogens with zero attached hydrogens (tertiary/aromatic N) is 1. The Hall–Kier alpha value is -1.68. The van der Waals surface area contributed by atoms with E-state index < -0.39 is 5.60 Å². The second kappa shape index (κ2) is 9.21. The first-order chi connectivity index (χ1) is 13.3. The van der Waals surface area contributed by atoms with Gasteiger partial charge in [0.25, 0.3) is 0 Å². The van der Waals surface area contributed by atoms with Crippen LogP contribution >= 0.6 is 0 Å². The highest BCUT2D eigenvalue weighted by molar-refractivity contribution is 5.79. The van der Waals surface area contributed by atoms with Crippen molar-refractivity contribution in [2.75, 3.05) is 0 Å². The van der Waals surface area contributed by atoms with Gasteiger partial charge in [0, 0.05) is 25.4 Å². The molecule has 3 atom stereocenters. The fourth-order valence-corrected chi connectivity index (χ4v) is 4.69. The topological polar surface area (TPSA) is 46.6 Å². The molecule has 3 rings (SSSR count). The molecule has 0 amide bonds. The molecule has 0 radical (unpaired) electrons. The van der Waals surface area contributed by atoms with Gasteiger partial charge in [-0.05, 0) is 70.8 Å². The third-order valence-corrected chi connectivity index (χ3v) is 6.02. The van der Waals surface area contributed by atoms with Crippen molar-refractivity contribution < 1.29 is 14.3 Å². The summed E-state index contributed by atoms with van der Waals surface area (Å²) in [6, 6.07) is 10.6. The summed E-state index contributed by atoms with van der Waals surface area (Å²) in [5.41, 5.74) is 0.770. The largest absolute Gasteiger partial charge is 0.459 e. The monoisotopic (exact) mass is 385 g/mol. The number of ketones is 1. The summed E-state index contributed by atoms with van der Waals surface area (Å²) in [6.07, 6.45) is 7.76. The summed E-state index contributed by atoms with van der Waals surface area (Å²) in [5, 5.41) is 0. The lowest BCUT2D eigenvalue weighted by atomic mass is 9.84. The molecule has 1 saturated heterocycles. The molecule has 0 N–H and O–H groups in total. The van der Waals surface area contributed by atoms with Gasteiger partial charge in [0.15, 0.2) is 0 Å². The van der Waals surface area contributed by atoms with Crippen molar-refractivity contribution in [1.82, 2.24) is 4.90 Å². The van der Waals surface area contributed by atoms with Crippen LogP contribution in [0.1, 0.15) is 77.7 Å². The number of ether oxygens (including phenoxy) is 1. The molecule has 1 aromatic carbocycles. The summed E-state index contributed by atoms with van der Waals surface area (Å²) in [7, 11) is 0. The molecule has 0 bridgehead atoms. The molecule has 1 heterocycles. The van der Waals surface area contributed by atoms with Crippen LogP contribution in [0.4, 0.5) is 0 Å². The highest BCUT2D eigenvalue weighted by Gasteiger charge is 2.40. The molecule has 0 aromatic heterocycles. The van der Waals surface area contributed by atoms with E-state index in [2.05, 4.69) is 29.2 Å². The summed E-state index contributed by atoms with van der Waals surface area (Å²) in [6.45, 7) is 6.57. The number of benzene rings is 1. The second-order valence-corrected chi connectivity index (χ2v) is 9.52. The average Bonchev–Trinajstić information content (AvgIpc) is 3.02. The van der Waals surface area contributed by atoms with Crippen LogP contribution in [-0.4, -0.2) is 34.3 Å². The maximum Gasteiger partial charge on any atom is 0.323 e. The number of hydrogen-bond acceptors (Lipinski definition) is 4. The fraction of sp³-hybridized carbons (Fsp3) is 0.667. The van der Waals surface area contributed by atoms with Crippen LogP contribution in [-0.2, 0) is 20.9 Å². The Balaban J connectivity index is 1.67. The van der Waals surface area contributed by atoms with Gasteiger partial charge in [-0.2, -0.15) is 0 Å². The Bertz CT molecular complexity index is 664. The highest BCUT2D eigenvalue weighted by atomic mass is 16.6.